The van der Waals surface area contributed by atoms with Gasteiger partial charge in [-0.1, -0.05) is 152 Å². The van der Waals surface area contributed by atoms with Crippen molar-refractivity contribution in [3.05, 3.63) is 204 Å². The van der Waals surface area contributed by atoms with Crippen LogP contribution in [0.4, 0.5) is 11.4 Å². The fourth-order valence-corrected chi connectivity index (χ4v) is 7.77. The Bertz CT molecular complexity index is 2300. The molecule has 2 atom stereocenters. The zero-order valence-corrected chi connectivity index (χ0v) is 26.9. The van der Waals surface area contributed by atoms with E-state index in [9.17, 15) is 0 Å². The van der Waals surface area contributed by atoms with Gasteiger partial charge in [0.1, 0.15) is 0 Å². The van der Waals surface area contributed by atoms with Crippen LogP contribution >= 0.6 is 0 Å². The van der Waals surface area contributed by atoms with Gasteiger partial charge in [-0.15, -0.1) is 0 Å². The normalized spacial score (nSPS) is 17.1. The third-order valence-corrected chi connectivity index (χ3v) is 10.4. The molecule has 8 aromatic carbocycles. The second-order valence-electron chi connectivity index (χ2n) is 13.4. The molecule has 0 aliphatic heterocycles. The van der Waals surface area contributed by atoms with E-state index in [1.54, 1.807) is 0 Å². The lowest BCUT2D eigenvalue weighted by Gasteiger charge is -2.09. The number of nitrogens with one attached hydrogen (secondary N) is 1. The van der Waals surface area contributed by atoms with E-state index in [2.05, 4.69) is 181 Å². The molecule has 0 saturated heterocycles. The van der Waals surface area contributed by atoms with E-state index in [1.807, 2.05) is 0 Å². The van der Waals surface area contributed by atoms with Crippen LogP contribution in [0.5, 0.6) is 0 Å². The highest BCUT2D eigenvalue weighted by Crippen LogP contribution is 2.66. The predicted octanol–water partition coefficient (Wildman–Crippen LogP) is 12.3. The van der Waals surface area contributed by atoms with Crippen LogP contribution in [0.1, 0.15) is 45.6 Å². The van der Waals surface area contributed by atoms with Crippen molar-refractivity contribution < 1.29 is 0 Å². The Morgan fingerprint density at radius 2 is 0.688 bits per heavy atom. The Kier molecular flexibility index (Phi) is 7.24. The van der Waals surface area contributed by atoms with Gasteiger partial charge in [0.05, 0.1) is 0 Å². The van der Waals surface area contributed by atoms with E-state index in [1.165, 1.54) is 60.1 Å². The first-order chi connectivity index (χ1) is 23.7. The Hall–Kier alpha value is -5.66. The summed E-state index contributed by atoms with van der Waals surface area (Å²) < 4.78 is 0. The van der Waals surface area contributed by atoms with Crippen molar-refractivity contribution in [1.29, 1.82) is 0 Å². The summed E-state index contributed by atoms with van der Waals surface area (Å²) in [6.45, 7) is 0. The minimum absolute atomic E-state index is 0.475. The zero-order valence-electron chi connectivity index (χ0n) is 26.9. The van der Waals surface area contributed by atoms with Gasteiger partial charge in [0, 0.05) is 11.4 Å². The number of aryl methyl sites for hydroxylation is 2. The third kappa shape index (κ3) is 5.63. The Balaban J connectivity index is 0.912. The molecule has 48 heavy (non-hydrogen) atoms. The highest BCUT2D eigenvalue weighted by atomic mass is 14.9. The molecule has 0 spiro atoms. The molecule has 8 aromatic rings. The van der Waals surface area contributed by atoms with Crippen molar-refractivity contribution in [2.24, 2.45) is 0 Å². The summed E-state index contributed by atoms with van der Waals surface area (Å²) in [5, 5.41) is 11.3. The molecule has 0 heterocycles. The molecular formula is C47H37N. The molecule has 0 amide bonds. The molecule has 9 rings (SSSR count). The van der Waals surface area contributed by atoms with Crippen LogP contribution in [-0.2, 0) is 12.8 Å². The molecule has 1 N–H and O–H groups in total. The zero-order chi connectivity index (χ0) is 31.9. The summed E-state index contributed by atoms with van der Waals surface area (Å²) in [7, 11) is 0. The quantitative estimate of drug-likeness (QED) is 0.179. The molecule has 1 aliphatic carbocycles. The number of rotatable bonds is 8. The van der Waals surface area contributed by atoms with E-state index in [0.717, 1.165) is 24.2 Å². The molecular weight excluding hydrogens is 579 g/mol. The van der Waals surface area contributed by atoms with Crippen molar-refractivity contribution in [3.63, 3.8) is 0 Å². The first-order valence-corrected chi connectivity index (χ1v) is 17.2. The van der Waals surface area contributed by atoms with Gasteiger partial charge < -0.3 is 5.32 Å². The van der Waals surface area contributed by atoms with Gasteiger partial charge in [0.15, 0.2) is 0 Å². The van der Waals surface area contributed by atoms with Crippen LogP contribution in [0.3, 0.4) is 0 Å². The predicted molar refractivity (Wildman–Crippen MR) is 204 cm³/mol. The van der Waals surface area contributed by atoms with Crippen molar-refractivity contribution in [1.82, 2.24) is 0 Å². The Morgan fingerprint density at radius 1 is 0.312 bits per heavy atom. The van der Waals surface area contributed by atoms with Crippen LogP contribution in [0.15, 0.2) is 176 Å². The van der Waals surface area contributed by atoms with Crippen molar-refractivity contribution >= 4 is 43.7 Å². The first kappa shape index (κ1) is 28.6. The third-order valence-electron chi connectivity index (χ3n) is 10.4. The summed E-state index contributed by atoms with van der Waals surface area (Å²) in [4.78, 5) is 0. The van der Waals surface area contributed by atoms with Crippen molar-refractivity contribution in [3.8, 4) is 0 Å². The van der Waals surface area contributed by atoms with Crippen LogP contribution in [0, 0.1) is 0 Å². The minimum atomic E-state index is 0.475. The summed E-state index contributed by atoms with van der Waals surface area (Å²) in [5.41, 5.74) is 9.31. The molecule has 0 radical (unpaired) electrons. The summed E-state index contributed by atoms with van der Waals surface area (Å²) in [6.07, 6.45) is 2.06. The molecule has 1 saturated carbocycles. The second-order valence-corrected chi connectivity index (χ2v) is 13.4. The lowest BCUT2D eigenvalue weighted by molar-refractivity contribution is 0.953. The maximum absolute atomic E-state index is 3.57. The lowest BCUT2D eigenvalue weighted by atomic mass is 9.99. The van der Waals surface area contributed by atoms with E-state index in [4.69, 9.17) is 0 Å². The molecule has 230 valence electrons. The van der Waals surface area contributed by atoms with E-state index in [-0.39, 0.29) is 0 Å². The molecule has 1 fully saturated rings. The fraction of sp³-hybridized carbons (Fsp3) is 0.106. The van der Waals surface area contributed by atoms with Gasteiger partial charge in [-0.2, -0.15) is 0 Å². The first-order valence-electron chi connectivity index (χ1n) is 17.2. The van der Waals surface area contributed by atoms with Crippen LogP contribution in [0.2, 0.25) is 0 Å². The van der Waals surface area contributed by atoms with E-state index < -0.39 is 0 Å². The summed E-state index contributed by atoms with van der Waals surface area (Å²) in [6, 6.07) is 65.0. The van der Waals surface area contributed by atoms with Gasteiger partial charge in [0.2, 0.25) is 0 Å². The number of hydrogen-bond acceptors (Lipinski definition) is 1. The number of hydrogen-bond donors (Lipinski definition) is 1. The Labute approximate surface area is 282 Å². The van der Waals surface area contributed by atoms with Gasteiger partial charge in [-0.05, 0) is 115 Å². The molecule has 2 unspecified atom stereocenters. The molecule has 1 nitrogen and oxygen atoms in total. The van der Waals surface area contributed by atoms with Crippen molar-refractivity contribution in [2.75, 3.05) is 5.32 Å². The van der Waals surface area contributed by atoms with Gasteiger partial charge in [-0.25, -0.2) is 0 Å². The lowest BCUT2D eigenvalue weighted by Crippen LogP contribution is -1.94. The number of fused-ring (bicyclic) bond motifs is 3. The summed E-state index contributed by atoms with van der Waals surface area (Å²) >= 11 is 0. The molecule has 1 aliphatic rings. The van der Waals surface area contributed by atoms with Gasteiger partial charge in [0.25, 0.3) is 0 Å². The average Bonchev–Trinajstić information content (AvgIpc) is 3.90. The topological polar surface area (TPSA) is 12.0 Å². The largest absolute Gasteiger partial charge is 0.356 e. The molecule has 1 heteroatoms. The van der Waals surface area contributed by atoms with Crippen molar-refractivity contribution in [2.45, 2.75) is 30.6 Å². The SMILES string of the molecule is c1ccc2cc(Nc3ccc(CCc4ccc(C5C(c6ccc7ccccc7c6)C5c5ccc6ccccc6c5)cc4)cc3)ccc2c1. The number of benzene rings is 8. The monoisotopic (exact) mass is 615 g/mol. The van der Waals surface area contributed by atoms with Gasteiger partial charge >= 0.3 is 0 Å². The van der Waals surface area contributed by atoms with E-state index >= 15 is 0 Å². The maximum Gasteiger partial charge on any atom is 0.0390 e. The van der Waals surface area contributed by atoms with Crippen LogP contribution < -0.4 is 5.32 Å². The highest BCUT2D eigenvalue weighted by Gasteiger charge is 2.52. The average molecular weight is 616 g/mol. The maximum atomic E-state index is 3.57. The fourth-order valence-electron chi connectivity index (χ4n) is 7.77. The standard InChI is InChI=1S/C47H37N/c1-4-10-38-29-41(23-21-34(38)7-1)46-45(47(46)42-24-22-35-8-2-5-11-39(35)30-42)37-19-15-32(16-20-37)13-14-33-17-26-43(27-18-33)48-44-28-25-36-9-3-6-12-40(36)31-44/h1-12,15-31,45-48H,13-14H2. The van der Waals surface area contributed by atoms with Crippen LogP contribution in [-0.4, -0.2) is 0 Å². The molecule has 0 aromatic heterocycles. The highest BCUT2D eigenvalue weighted by molar-refractivity contribution is 5.87. The smallest absolute Gasteiger partial charge is 0.0390 e. The second kappa shape index (κ2) is 12.2. The minimum Gasteiger partial charge on any atom is -0.356 e. The summed E-state index contributed by atoms with van der Waals surface area (Å²) in [5.74, 6) is 1.43. The van der Waals surface area contributed by atoms with Gasteiger partial charge in [-0.3, -0.25) is 0 Å². The van der Waals surface area contributed by atoms with Crippen LogP contribution in [0.25, 0.3) is 32.3 Å². The number of anilines is 2. The molecule has 0 bridgehead atoms. The van der Waals surface area contributed by atoms with E-state index in [0.29, 0.717) is 17.8 Å². The Morgan fingerprint density at radius 3 is 1.21 bits per heavy atom.